The number of nitrogens with one attached hydrogen (secondary N) is 1. The highest BCUT2D eigenvalue weighted by Gasteiger charge is 2.20. The summed E-state index contributed by atoms with van der Waals surface area (Å²) < 4.78 is 7.00. The number of aryl methyl sites for hydroxylation is 1. The molecule has 1 amide bonds. The van der Waals surface area contributed by atoms with Crippen molar-refractivity contribution in [2.24, 2.45) is 16.5 Å². The molecule has 0 saturated carbocycles. The lowest BCUT2D eigenvalue weighted by atomic mass is 10.1. The number of hydrogen-bond acceptors (Lipinski definition) is 8. The van der Waals surface area contributed by atoms with Crippen molar-refractivity contribution in [1.82, 2.24) is 24.8 Å². The molecule has 170 valence electrons. The van der Waals surface area contributed by atoms with Gasteiger partial charge in [-0.25, -0.2) is 24.5 Å². The van der Waals surface area contributed by atoms with Gasteiger partial charge in [0.2, 0.25) is 0 Å². The molecule has 1 atom stereocenters. The molecule has 0 spiro atoms. The number of rotatable bonds is 12. The lowest BCUT2D eigenvalue weighted by Gasteiger charge is -2.14. The molecule has 2 heterocycles. The van der Waals surface area contributed by atoms with Crippen LogP contribution in [0, 0.1) is 0 Å². The van der Waals surface area contributed by atoms with Crippen molar-refractivity contribution in [3.05, 3.63) is 12.7 Å². The van der Waals surface area contributed by atoms with Gasteiger partial charge in [-0.15, -0.1) is 0 Å². The number of alkyl carbamates (subject to hydrolysis) is 1. The smallest absolute Gasteiger partial charge is 0.407 e. The zero-order valence-electron chi connectivity index (χ0n) is 17.7. The number of aliphatic imine (C=N–C) groups is 1. The van der Waals surface area contributed by atoms with Crippen molar-refractivity contribution in [3.63, 3.8) is 0 Å². The molecule has 0 aliphatic heterocycles. The van der Waals surface area contributed by atoms with Crippen LogP contribution in [0.15, 0.2) is 17.6 Å². The molecule has 0 fully saturated rings. The number of amides is 1. The molecule has 0 radical (unpaired) electrons. The third kappa shape index (κ3) is 7.28. The van der Waals surface area contributed by atoms with Gasteiger partial charge in [-0.05, 0) is 25.7 Å². The van der Waals surface area contributed by atoms with Crippen LogP contribution in [0.3, 0.4) is 0 Å². The molecule has 0 aromatic carbocycles. The highest BCUT2D eigenvalue weighted by atomic mass is 16.5. The summed E-state index contributed by atoms with van der Waals surface area (Å²) in [4.78, 5) is 41.7. The minimum absolute atomic E-state index is 0.0616. The Morgan fingerprint density at radius 2 is 2.03 bits per heavy atom. The highest BCUT2D eigenvalue weighted by molar-refractivity contribution is 5.83. The molecule has 1 unspecified atom stereocenters. The van der Waals surface area contributed by atoms with E-state index < -0.39 is 18.1 Å². The predicted molar refractivity (Wildman–Crippen MR) is 115 cm³/mol. The van der Waals surface area contributed by atoms with Gasteiger partial charge in [-0.1, -0.05) is 0 Å². The van der Waals surface area contributed by atoms with Gasteiger partial charge in [-0.2, -0.15) is 0 Å². The number of carboxylic acids is 1. The fourth-order valence-electron chi connectivity index (χ4n) is 2.85. The largest absolute Gasteiger partial charge is 0.480 e. The molecule has 0 saturated heterocycles. The number of imidazole rings is 1. The summed E-state index contributed by atoms with van der Waals surface area (Å²) in [7, 11) is 3.78. The fourth-order valence-corrected chi connectivity index (χ4v) is 2.85. The van der Waals surface area contributed by atoms with Gasteiger partial charge < -0.3 is 36.1 Å². The Morgan fingerprint density at radius 1 is 1.26 bits per heavy atom. The second-order valence-corrected chi connectivity index (χ2v) is 7.03. The van der Waals surface area contributed by atoms with E-state index in [9.17, 15) is 14.7 Å². The maximum absolute atomic E-state index is 11.9. The van der Waals surface area contributed by atoms with E-state index in [1.54, 1.807) is 6.33 Å². The molecular formula is C18H29N9O4. The molecule has 31 heavy (non-hydrogen) atoms. The molecule has 13 nitrogen and oxygen atoms in total. The Hall–Kier alpha value is -3.64. The standard InChI is InChI=1S/C18H29N9O4/c1-26(2)14-13-15(23-10-22-14)27(11-24-13)8-3-4-9-31-18(30)25-12(16(28)29)6-5-7-21-17(19)20/h10-12H,3-9H2,1-2H3,(H,25,30)(H,28,29)(H4,19,20,21). The Labute approximate surface area is 179 Å². The lowest BCUT2D eigenvalue weighted by Crippen LogP contribution is -2.41. The number of fused-ring (bicyclic) bond motifs is 1. The van der Waals surface area contributed by atoms with Gasteiger partial charge in [0.1, 0.15) is 12.4 Å². The van der Waals surface area contributed by atoms with E-state index >= 15 is 0 Å². The van der Waals surface area contributed by atoms with Crippen LogP contribution >= 0.6 is 0 Å². The number of anilines is 1. The van der Waals surface area contributed by atoms with Gasteiger partial charge in [0.05, 0.1) is 12.9 Å². The summed E-state index contributed by atoms with van der Waals surface area (Å²) >= 11 is 0. The summed E-state index contributed by atoms with van der Waals surface area (Å²) in [5, 5.41) is 11.6. The molecule has 13 heteroatoms. The van der Waals surface area contributed by atoms with Crippen molar-refractivity contribution < 1.29 is 19.4 Å². The minimum atomic E-state index is -1.15. The first-order valence-electron chi connectivity index (χ1n) is 9.84. The Kier molecular flexibility index (Phi) is 8.78. The number of hydrogen-bond donors (Lipinski definition) is 4. The number of unbranched alkanes of at least 4 members (excludes halogenated alkanes) is 1. The molecule has 6 N–H and O–H groups in total. The highest BCUT2D eigenvalue weighted by Crippen LogP contribution is 2.19. The second kappa shape index (κ2) is 11.5. The summed E-state index contributed by atoms with van der Waals surface area (Å²) in [5.74, 6) is -0.462. The number of nitrogens with zero attached hydrogens (tertiary/aromatic N) is 6. The number of aliphatic carboxylic acids is 1. The molecule has 0 bridgehead atoms. The van der Waals surface area contributed by atoms with E-state index in [0.717, 1.165) is 23.4 Å². The topological polar surface area (TPSA) is 187 Å². The zero-order chi connectivity index (χ0) is 22.8. The van der Waals surface area contributed by atoms with Crippen molar-refractivity contribution in [2.45, 2.75) is 38.3 Å². The van der Waals surface area contributed by atoms with E-state index in [-0.39, 0.29) is 25.5 Å². The van der Waals surface area contributed by atoms with Crippen LogP contribution in [0.2, 0.25) is 0 Å². The van der Waals surface area contributed by atoms with Crippen molar-refractivity contribution >= 4 is 35.0 Å². The Balaban J connectivity index is 1.73. The first-order chi connectivity index (χ1) is 14.8. The third-order valence-corrected chi connectivity index (χ3v) is 4.37. The molecule has 2 rings (SSSR count). The van der Waals surface area contributed by atoms with Gasteiger partial charge in [0.15, 0.2) is 22.9 Å². The Bertz CT molecular complexity index is 909. The third-order valence-electron chi connectivity index (χ3n) is 4.37. The summed E-state index contributed by atoms with van der Waals surface area (Å²) in [6.07, 6.45) is 4.35. The average Bonchev–Trinajstić information content (AvgIpc) is 3.12. The lowest BCUT2D eigenvalue weighted by molar-refractivity contribution is -0.139. The van der Waals surface area contributed by atoms with Gasteiger partial charge in [-0.3, -0.25) is 4.99 Å². The van der Waals surface area contributed by atoms with Crippen molar-refractivity contribution in [1.29, 1.82) is 0 Å². The molecule has 0 aliphatic carbocycles. The van der Waals surface area contributed by atoms with E-state index in [0.29, 0.717) is 19.4 Å². The van der Waals surface area contributed by atoms with Gasteiger partial charge in [0, 0.05) is 27.2 Å². The number of carboxylic acid groups (broad SMARTS) is 1. The molecular weight excluding hydrogens is 406 g/mol. The first kappa shape index (κ1) is 23.6. The van der Waals surface area contributed by atoms with E-state index in [4.69, 9.17) is 16.2 Å². The second-order valence-electron chi connectivity index (χ2n) is 7.03. The van der Waals surface area contributed by atoms with Crippen molar-refractivity contribution in [2.75, 3.05) is 32.1 Å². The van der Waals surface area contributed by atoms with Gasteiger partial charge in [0.25, 0.3) is 0 Å². The van der Waals surface area contributed by atoms with Gasteiger partial charge >= 0.3 is 12.1 Å². The molecule has 2 aromatic heterocycles. The fraction of sp³-hybridized carbons (Fsp3) is 0.556. The number of carbonyl (C=O) groups is 2. The molecule has 0 aliphatic rings. The average molecular weight is 435 g/mol. The number of guanidine groups is 1. The number of ether oxygens (including phenoxy) is 1. The SMILES string of the molecule is CN(C)c1ncnc2c1ncn2CCCCOC(=O)NC(CCCN=C(N)N)C(=O)O. The van der Waals surface area contributed by atoms with Crippen molar-refractivity contribution in [3.8, 4) is 0 Å². The van der Waals surface area contributed by atoms with Crippen LogP contribution in [0.25, 0.3) is 11.2 Å². The van der Waals surface area contributed by atoms with E-state index in [2.05, 4.69) is 25.3 Å². The summed E-state index contributed by atoms with van der Waals surface area (Å²) in [6.45, 7) is 1.09. The van der Waals surface area contributed by atoms with Crippen LogP contribution in [0.5, 0.6) is 0 Å². The van der Waals surface area contributed by atoms with Crippen LogP contribution in [-0.4, -0.2) is 75.9 Å². The predicted octanol–water partition coefficient (Wildman–Crippen LogP) is -0.0945. The van der Waals surface area contributed by atoms with Crippen LogP contribution < -0.4 is 21.7 Å². The van der Waals surface area contributed by atoms with E-state index in [1.165, 1.54) is 6.33 Å². The molecule has 2 aromatic rings. The number of aromatic nitrogens is 4. The Morgan fingerprint density at radius 3 is 2.71 bits per heavy atom. The summed E-state index contributed by atoms with van der Waals surface area (Å²) in [5.41, 5.74) is 11.9. The van der Waals surface area contributed by atoms with E-state index in [1.807, 2.05) is 23.6 Å². The maximum atomic E-state index is 11.9. The quantitative estimate of drug-likeness (QED) is 0.199. The minimum Gasteiger partial charge on any atom is -0.480 e. The number of nitrogens with two attached hydrogens (primary N) is 2. The van der Waals surface area contributed by atoms with Crippen LogP contribution in [-0.2, 0) is 16.1 Å². The summed E-state index contributed by atoms with van der Waals surface area (Å²) in [6, 6.07) is -1.07. The maximum Gasteiger partial charge on any atom is 0.407 e. The van der Waals surface area contributed by atoms with Crippen LogP contribution in [0.4, 0.5) is 10.6 Å². The number of carbonyl (C=O) groups excluding carboxylic acids is 1. The first-order valence-corrected chi connectivity index (χ1v) is 9.84. The normalized spacial score (nSPS) is 11.7. The van der Waals surface area contributed by atoms with Crippen LogP contribution in [0.1, 0.15) is 25.7 Å². The monoisotopic (exact) mass is 435 g/mol. The zero-order valence-corrected chi connectivity index (χ0v) is 17.7.